The van der Waals surface area contributed by atoms with Gasteiger partial charge in [-0.05, 0) is 26.3 Å². The SMILES string of the molecule is Cc1cnn([C@H](C)[C@@H](C)NCc2cnc(N3CCOCC3)nc2)c1. The number of aromatic nitrogens is 4. The summed E-state index contributed by atoms with van der Waals surface area (Å²) in [5, 5.41) is 7.92. The Hall–Kier alpha value is -1.99. The lowest BCUT2D eigenvalue weighted by Gasteiger charge is -2.26. The normalized spacial score (nSPS) is 17.7. The molecule has 130 valence electrons. The van der Waals surface area contributed by atoms with Gasteiger partial charge in [-0.1, -0.05) is 0 Å². The minimum absolute atomic E-state index is 0.284. The van der Waals surface area contributed by atoms with E-state index in [1.165, 1.54) is 5.56 Å². The molecule has 0 bridgehead atoms. The zero-order valence-electron chi connectivity index (χ0n) is 14.6. The van der Waals surface area contributed by atoms with Crippen molar-refractivity contribution in [3.8, 4) is 0 Å². The molecule has 2 aromatic rings. The van der Waals surface area contributed by atoms with Gasteiger partial charge in [0.15, 0.2) is 0 Å². The van der Waals surface area contributed by atoms with Crippen LogP contribution in [0.15, 0.2) is 24.8 Å². The van der Waals surface area contributed by atoms with Gasteiger partial charge in [0, 0.05) is 49.8 Å². The molecule has 0 unspecified atom stereocenters. The molecule has 0 radical (unpaired) electrons. The van der Waals surface area contributed by atoms with E-state index in [-0.39, 0.29) is 6.04 Å². The molecule has 0 aliphatic carbocycles. The molecule has 1 N–H and O–H groups in total. The Bertz CT molecular complexity index is 635. The fourth-order valence-electron chi connectivity index (χ4n) is 2.70. The Balaban J connectivity index is 1.52. The van der Waals surface area contributed by atoms with Crippen molar-refractivity contribution >= 4 is 5.95 Å². The fraction of sp³-hybridized carbons (Fsp3) is 0.588. The topological polar surface area (TPSA) is 68.1 Å². The van der Waals surface area contributed by atoms with E-state index in [1.807, 2.05) is 23.3 Å². The van der Waals surface area contributed by atoms with Gasteiger partial charge in [-0.2, -0.15) is 5.10 Å². The molecule has 3 rings (SSSR count). The van der Waals surface area contributed by atoms with Gasteiger partial charge in [0.2, 0.25) is 5.95 Å². The van der Waals surface area contributed by atoms with Crippen molar-refractivity contribution in [1.29, 1.82) is 0 Å². The van der Waals surface area contributed by atoms with Crippen LogP contribution in [0.4, 0.5) is 5.95 Å². The summed E-state index contributed by atoms with van der Waals surface area (Å²) in [7, 11) is 0. The summed E-state index contributed by atoms with van der Waals surface area (Å²) >= 11 is 0. The summed E-state index contributed by atoms with van der Waals surface area (Å²) in [5.74, 6) is 0.787. The average Bonchev–Trinajstić information content (AvgIpc) is 3.06. The molecule has 3 heterocycles. The van der Waals surface area contributed by atoms with E-state index in [2.05, 4.69) is 52.3 Å². The van der Waals surface area contributed by atoms with Crippen molar-refractivity contribution in [3.63, 3.8) is 0 Å². The number of anilines is 1. The molecule has 0 saturated carbocycles. The van der Waals surface area contributed by atoms with Gasteiger partial charge in [-0.3, -0.25) is 4.68 Å². The third-order valence-electron chi connectivity index (χ3n) is 4.49. The largest absolute Gasteiger partial charge is 0.378 e. The maximum absolute atomic E-state index is 5.36. The quantitative estimate of drug-likeness (QED) is 0.867. The molecule has 1 fully saturated rings. The third-order valence-corrected chi connectivity index (χ3v) is 4.49. The van der Waals surface area contributed by atoms with E-state index >= 15 is 0 Å². The van der Waals surface area contributed by atoms with Crippen LogP contribution in [-0.4, -0.2) is 52.1 Å². The van der Waals surface area contributed by atoms with E-state index in [0.717, 1.165) is 44.4 Å². The number of ether oxygens (including phenoxy) is 1. The molecule has 0 aromatic carbocycles. The molecule has 0 amide bonds. The fourth-order valence-corrected chi connectivity index (χ4v) is 2.70. The van der Waals surface area contributed by atoms with Gasteiger partial charge >= 0.3 is 0 Å². The second-order valence-corrected chi connectivity index (χ2v) is 6.40. The van der Waals surface area contributed by atoms with Crippen molar-refractivity contribution < 1.29 is 4.74 Å². The van der Waals surface area contributed by atoms with Crippen LogP contribution in [0.3, 0.4) is 0 Å². The Morgan fingerprint density at radius 1 is 1.17 bits per heavy atom. The molecular formula is C17H26N6O. The smallest absolute Gasteiger partial charge is 0.225 e. The third kappa shape index (κ3) is 4.10. The highest BCUT2D eigenvalue weighted by atomic mass is 16.5. The van der Waals surface area contributed by atoms with Crippen molar-refractivity contribution in [3.05, 3.63) is 35.9 Å². The molecule has 7 nitrogen and oxygen atoms in total. The summed E-state index contributed by atoms with van der Waals surface area (Å²) in [6.07, 6.45) is 7.77. The standard InChI is InChI=1S/C17H26N6O/c1-13-8-21-23(12-13)15(3)14(2)18-9-16-10-19-17(20-11-16)22-4-6-24-7-5-22/h8,10-12,14-15,18H,4-7,9H2,1-3H3/t14-,15-/m1/s1. The van der Waals surface area contributed by atoms with Gasteiger partial charge in [0.1, 0.15) is 0 Å². The van der Waals surface area contributed by atoms with Gasteiger partial charge < -0.3 is 15.0 Å². The van der Waals surface area contributed by atoms with Gasteiger partial charge in [-0.15, -0.1) is 0 Å². The van der Waals surface area contributed by atoms with Crippen LogP contribution < -0.4 is 10.2 Å². The maximum atomic E-state index is 5.36. The number of aryl methyl sites for hydroxylation is 1. The minimum Gasteiger partial charge on any atom is -0.378 e. The Morgan fingerprint density at radius 3 is 2.50 bits per heavy atom. The lowest BCUT2D eigenvalue weighted by Crippen LogP contribution is -2.37. The summed E-state index contributed by atoms with van der Waals surface area (Å²) < 4.78 is 7.36. The van der Waals surface area contributed by atoms with E-state index in [0.29, 0.717) is 6.04 Å². The predicted molar refractivity (Wildman–Crippen MR) is 93.0 cm³/mol. The number of rotatable bonds is 6. The highest BCUT2D eigenvalue weighted by Gasteiger charge is 2.15. The number of nitrogens with zero attached hydrogens (tertiary/aromatic N) is 5. The number of hydrogen-bond donors (Lipinski definition) is 1. The van der Waals surface area contributed by atoms with Crippen LogP contribution in [0, 0.1) is 6.92 Å². The molecule has 7 heteroatoms. The van der Waals surface area contributed by atoms with E-state index in [9.17, 15) is 0 Å². The molecular weight excluding hydrogens is 304 g/mol. The van der Waals surface area contributed by atoms with Gasteiger partial charge in [0.25, 0.3) is 0 Å². The maximum Gasteiger partial charge on any atom is 0.225 e. The number of morpholine rings is 1. The molecule has 1 aliphatic heterocycles. The van der Waals surface area contributed by atoms with Crippen LogP contribution >= 0.6 is 0 Å². The lowest BCUT2D eigenvalue weighted by molar-refractivity contribution is 0.122. The highest BCUT2D eigenvalue weighted by Crippen LogP contribution is 2.12. The molecule has 1 saturated heterocycles. The van der Waals surface area contributed by atoms with Crippen molar-refractivity contribution in [2.75, 3.05) is 31.2 Å². The van der Waals surface area contributed by atoms with Crippen molar-refractivity contribution in [2.24, 2.45) is 0 Å². The van der Waals surface area contributed by atoms with E-state index < -0.39 is 0 Å². The van der Waals surface area contributed by atoms with Crippen LogP contribution in [-0.2, 0) is 11.3 Å². The number of nitrogens with one attached hydrogen (secondary N) is 1. The Kier molecular flexibility index (Phi) is 5.42. The second-order valence-electron chi connectivity index (χ2n) is 6.40. The van der Waals surface area contributed by atoms with Gasteiger partial charge in [-0.25, -0.2) is 9.97 Å². The van der Waals surface area contributed by atoms with Crippen molar-refractivity contribution in [2.45, 2.75) is 39.4 Å². The summed E-state index contributed by atoms with van der Waals surface area (Å²) in [4.78, 5) is 11.1. The van der Waals surface area contributed by atoms with E-state index in [1.54, 1.807) is 0 Å². The molecule has 1 aliphatic rings. The first-order chi connectivity index (χ1) is 11.6. The zero-order chi connectivity index (χ0) is 16.9. The first-order valence-electron chi connectivity index (χ1n) is 8.51. The molecule has 2 aromatic heterocycles. The monoisotopic (exact) mass is 330 g/mol. The first kappa shape index (κ1) is 16.9. The zero-order valence-corrected chi connectivity index (χ0v) is 14.6. The van der Waals surface area contributed by atoms with Crippen molar-refractivity contribution in [1.82, 2.24) is 25.1 Å². The predicted octanol–water partition coefficient (Wildman–Crippen LogP) is 1.56. The van der Waals surface area contributed by atoms with Crippen LogP contribution in [0.25, 0.3) is 0 Å². The van der Waals surface area contributed by atoms with Crippen LogP contribution in [0.2, 0.25) is 0 Å². The van der Waals surface area contributed by atoms with Gasteiger partial charge in [0.05, 0.1) is 25.5 Å². The Morgan fingerprint density at radius 2 is 1.88 bits per heavy atom. The van der Waals surface area contributed by atoms with Crippen LogP contribution in [0.5, 0.6) is 0 Å². The summed E-state index contributed by atoms with van der Waals surface area (Å²) in [6.45, 7) is 10.3. The van der Waals surface area contributed by atoms with Crippen LogP contribution in [0.1, 0.15) is 31.0 Å². The number of hydrogen-bond acceptors (Lipinski definition) is 6. The molecule has 24 heavy (non-hydrogen) atoms. The minimum atomic E-state index is 0.284. The van der Waals surface area contributed by atoms with E-state index in [4.69, 9.17) is 4.74 Å². The lowest BCUT2D eigenvalue weighted by atomic mass is 10.1. The average molecular weight is 330 g/mol. The Labute approximate surface area is 143 Å². The highest BCUT2D eigenvalue weighted by molar-refractivity contribution is 5.30. The summed E-state index contributed by atoms with van der Waals surface area (Å²) in [5.41, 5.74) is 2.27. The molecule has 0 spiro atoms. The summed E-state index contributed by atoms with van der Waals surface area (Å²) in [6, 6.07) is 0.579. The molecule has 2 atom stereocenters. The first-order valence-corrected chi connectivity index (χ1v) is 8.51. The second kappa shape index (κ2) is 7.72.